The average molecular weight is 244 g/mol. The first-order valence-electron chi connectivity index (χ1n) is 3.37. The molecule has 0 aliphatic heterocycles. The van der Waals surface area contributed by atoms with Crippen molar-refractivity contribution >= 4 is 8.25 Å². The van der Waals surface area contributed by atoms with Crippen molar-refractivity contribution in [3.8, 4) is 0 Å². The van der Waals surface area contributed by atoms with E-state index in [-0.39, 0.29) is 59.1 Å². The number of hydrogen-bond acceptors (Lipinski definition) is 7. The molecule has 0 aromatic carbocycles. The summed E-state index contributed by atoms with van der Waals surface area (Å²) in [7, 11) is -3.63. The molecule has 14 heavy (non-hydrogen) atoms. The summed E-state index contributed by atoms with van der Waals surface area (Å²) in [5, 5.41) is 3.07. The minimum atomic E-state index is -3.63. The van der Waals surface area contributed by atoms with Crippen LogP contribution in [0, 0.1) is 0 Å². The van der Waals surface area contributed by atoms with Gasteiger partial charge in [-0.2, -0.15) is 0 Å². The van der Waals surface area contributed by atoms with E-state index in [1.807, 2.05) is 0 Å². The fourth-order valence-corrected chi connectivity index (χ4v) is 0.388. The summed E-state index contributed by atoms with van der Waals surface area (Å²) in [6, 6.07) is 0. The molecule has 0 aromatic heterocycles. The van der Waals surface area contributed by atoms with Crippen LogP contribution < -0.4 is 91.2 Å². The van der Waals surface area contributed by atoms with E-state index in [0.29, 0.717) is 6.54 Å². The molecular formula is C4H15N4Na2O3P. The van der Waals surface area contributed by atoms with Gasteiger partial charge in [0.1, 0.15) is 0 Å². The quantitative estimate of drug-likeness (QED) is 0.124. The molecule has 0 aliphatic carbocycles. The van der Waals surface area contributed by atoms with Crippen LogP contribution in [-0.2, 0) is 4.57 Å². The molecule has 0 amide bonds. The van der Waals surface area contributed by atoms with E-state index in [1.165, 1.54) is 0 Å². The molecule has 0 aliphatic rings. The van der Waals surface area contributed by atoms with Crippen molar-refractivity contribution in [1.82, 2.24) is 10.7 Å². The smallest absolute Gasteiger partial charge is 0.813 e. The zero-order valence-electron chi connectivity index (χ0n) is 8.71. The van der Waals surface area contributed by atoms with Gasteiger partial charge in [-0.05, 0) is 0 Å². The standard InChI is InChI=1S/C4H14N4.2Na.H3O3P/c5-1-2-7-3-4-8-6;;;1-4(2)3/h7-8H,1-6H2;;;4H,(H2,1,2,3)/q;2*+1;/p-2. The van der Waals surface area contributed by atoms with Crippen molar-refractivity contribution in [3.05, 3.63) is 0 Å². The van der Waals surface area contributed by atoms with E-state index in [2.05, 4.69) is 10.7 Å². The Morgan fingerprint density at radius 2 is 1.57 bits per heavy atom. The van der Waals surface area contributed by atoms with Crippen molar-refractivity contribution in [2.45, 2.75) is 0 Å². The summed E-state index contributed by atoms with van der Waals surface area (Å²) in [4.78, 5) is 17.0. The van der Waals surface area contributed by atoms with Gasteiger partial charge in [-0.15, -0.1) is 0 Å². The van der Waals surface area contributed by atoms with E-state index >= 15 is 0 Å². The van der Waals surface area contributed by atoms with Gasteiger partial charge >= 0.3 is 59.1 Å². The normalized spacial score (nSPS) is 8.07. The summed E-state index contributed by atoms with van der Waals surface area (Å²) in [6.07, 6.45) is 0. The Bertz CT molecular complexity index is 103. The minimum absolute atomic E-state index is 0. The van der Waals surface area contributed by atoms with E-state index in [4.69, 9.17) is 25.9 Å². The van der Waals surface area contributed by atoms with Gasteiger partial charge in [-0.25, -0.2) is 0 Å². The molecule has 0 fully saturated rings. The summed E-state index contributed by atoms with van der Waals surface area (Å²) in [6.45, 7) is 3.22. The van der Waals surface area contributed by atoms with Crippen LogP contribution in [0.2, 0.25) is 0 Å². The fraction of sp³-hybridized carbons (Fsp3) is 1.00. The number of rotatable bonds is 5. The molecule has 0 radical (unpaired) electrons. The van der Waals surface area contributed by atoms with Gasteiger partial charge in [-0.3, -0.25) is 11.3 Å². The second kappa shape index (κ2) is 24.3. The Morgan fingerprint density at radius 1 is 1.14 bits per heavy atom. The molecule has 0 heterocycles. The maximum absolute atomic E-state index is 8.52. The van der Waals surface area contributed by atoms with Crippen LogP contribution in [0.5, 0.6) is 0 Å². The zero-order chi connectivity index (χ0) is 9.82. The Kier molecular flexibility index (Phi) is 43.4. The third-order valence-electron chi connectivity index (χ3n) is 0.767. The van der Waals surface area contributed by atoms with E-state index < -0.39 is 8.25 Å². The van der Waals surface area contributed by atoms with Crippen molar-refractivity contribution in [2.24, 2.45) is 11.6 Å². The first-order chi connectivity index (χ1) is 5.65. The summed E-state index contributed by atoms with van der Waals surface area (Å²) < 4.78 is 8.52. The molecule has 0 spiro atoms. The van der Waals surface area contributed by atoms with E-state index in [9.17, 15) is 0 Å². The maximum Gasteiger partial charge on any atom is 1.00 e. The van der Waals surface area contributed by atoms with E-state index in [1.54, 1.807) is 0 Å². The Hall–Kier alpha value is 1.99. The van der Waals surface area contributed by atoms with Gasteiger partial charge in [0.2, 0.25) is 0 Å². The third-order valence-corrected chi connectivity index (χ3v) is 0.767. The molecule has 10 heteroatoms. The molecule has 0 unspecified atom stereocenters. The second-order valence-electron chi connectivity index (χ2n) is 1.74. The molecule has 0 rings (SSSR count). The summed E-state index contributed by atoms with van der Waals surface area (Å²) in [5.74, 6) is 4.99. The van der Waals surface area contributed by atoms with Crippen LogP contribution in [0.3, 0.4) is 0 Å². The van der Waals surface area contributed by atoms with Crippen molar-refractivity contribution in [1.29, 1.82) is 0 Å². The predicted octanol–water partition coefficient (Wildman–Crippen LogP) is -9.90. The van der Waals surface area contributed by atoms with Gasteiger partial charge in [-0.1, -0.05) is 8.25 Å². The van der Waals surface area contributed by atoms with Crippen molar-refractivity contribution in [2.75, 3.05) is 26.2 Å². The van der Waals surface area contributed by atoms with Crippen LogP contribution in [0.25, 0.3) is 0 Å². The predicted molar refractivity (Wildman–Crippen MR) is 43.1 cm³/mol. The maximum atomic E-state index is 8.52. The molecule has 0 aromatic rings. The largest absolute Gasteiger partial charge is 1.00 e. The van der Waals surface area contributed by atoms with Gasteiger partial charge in [0.15, 0.2) is 0 Å². The molecule has 0 bridgehead atoms. The van der Waals surface area contributed by atoms with Crippen molar-refractivity contribution < 1.29 is 73.5 Å². The van der Waals surface area contributed by atoms with Gasteiger partial charge in [0.25, 0.3) is 0 Å². The third kappa shape index (κ3) is 48.3. The van der Waals surface area contributed by atoms with E-state index in [0.717, 1.165) is 19.6 Å². The number of hydrogen-bond donors (Lipinski definition) is 4. The number of nitrogens with two attached hydrogens (primary N) is 2. The van der Waals surface area contributed by atoms with Crippen LogP contribution in [-0.4, -0.2) is 26.2 Å². The molecule has 0 saturated heterocycles. The summed E-state index contributed by atoms with van der Waals surface area (Å²) in [5.41, 5.74) is 7.72. The Labute approximate surface area is 129 Å². The SMILES string of the molecule is NCCNCCNN.O=[PH]([O-])[O-].[Na+].[Na+]. The first kappa shape index (κ1) is 25.0. The Balaban J connectivity index is -0.0000000733. The van der Waals surface area contributed by atoms with Crippen LogP contribution in [0.15, 0.2) is 0 Å². The average Bonchev–Trinajstić information content (AvgIpc) is 1.97. The molecule has 0 saturated carbocycles. The molecule has 6 N–H and O–H groups in total. The molecule has 7 nitrogen and oxygen atoms in total. The van der Waals surface area contributed by atoms with Crippen LogP contribution in [0.4, 0.5) is 0 Å². The van der Waals surface area contributed by atoms with Gasteiger partial charge in [0, 0.05) is 26.2 Å². The van der Waals surface area contributed by atoms with Crippen LogP contribution in [0.1, 0.15) is 0 Å². The fourth-order valence-electron chi connectivity index (χ4n) is 0.388. The number of hydrazine groups is 1. The van der Waals surface area contributed by atoms with Gasteiger partial charge < -0.3 is 25.4 Å². The molecular weight excluding hydrogens is 229 g/mol. The summed E-state index contributed by atoms with van der Waals surface area (Å²) >= 11 is 0. The monoisotopic (exact) mass is 244 g/mol. The number of nitrogens with one attached hydrogen (secondary N) is 2. The molecule has 0 atom stereocenters. The second-order valence-corrected chi connectivity index (χ2v) is 2.24. The minimum Gasteiger partial charge on any atom is -0.813 e. The Morgan fingerprint density at radius 3 is 1.86 bits per heavy atom. The van der Waals surface area contributed by atoms with Gasteiger partial charge in [0.05, 0.1) is 0 Å². The van der Waals surface area contributed by atoms with Crippen LogP contribution >= 0.6 is 8.25 Å². The van der Waals surface area contributed by atoms with Crippen molar-refractivity contribution in [3.63, 3.8) is 0 Å². The molecule has 76 valence electrons. The first-order valence-corrected chi connectivity index (χ1v) is 4.59. The zero-order valence-corrected chi connectivity index (χ0v) is 13.7. The topological polar surface area (TPSA) is 139 Å².